The Kier molecular flexibility index (Phi) is 5.81. The van der Waals surface area contributed by atoms with E-state index in [1.54, 1.807) is 23.4 Å². The zero-order valence-corrected chi connectivity index (χ0v) is 16.9. The van der Waals surface area contributed by atoms with Crippen molar-refractivity contribution in [3.05, 3.63) is 65.4 Å². The van der Waals surface area contributed by atoms with Crippen molar-refractivity contribution < 1.29 is 9.59 Å². The lowest BCUT2D eigenvalue weighted by Gasteiger charge is -2.22. The second kappa shape index (κ2) is 8.66. The third kappa shape index (κ3) is 4.27. The van der Waals surface area contributed by atoms with Gasteiger partial charge in [-0.3, -0.25) is 9.59 Å². The van der Waals surface area contributed by atoms with E-state index in [9.17, 15) is 9.59 Å². The molecule has 0 aliphatic carbocycles. The second-order valence-corrected chi connectivity index (χ2v) is 7.59. The van der Waals surface area contributed by atoms with Crippen LogP contribution in [-0.2, 0) is 11.3 Å². The number of amides is 2. The molecule has 6 nitrogen and oxygen atoms in total. The minimum atomic E-state index is -0.0743. The van der Waals surface area contributed by atoms with Gasteiger partial charge in [0, 0.05) is 39.1 Å². The molecule has 2 heterocycles. The number of carbonyl (C=O) groups excluding carboxylic acids is 2. The highest BCUT2D eigenvalue weighted by atomic mass is 35.5. The first-order valence-corrected chi connectivity index (χ1v) is 10.2. The van der Waals surface area contributed by atoms with Gasteiger partial charge in [0.15, 0.2) is 0 Å². The monoisotopic (exact) mass is 410 g/mol. The summed E-state index contributed by atoms with van der Waals surface area (Å²) in [6, 6.07) is 15.0. The van der Waals surface area contributed by atoms with Crippen LogP contribution in [0.3, 0.4) is 0 Å². The maximum Gasteiger partial charge on any atom is 0.255 e. The molecule has 0 saturated carbocycles. The van der Waals surface area contributed by atoms with Gasteiger partial charge < -0.3 is 14.4 Å². The minimum absolute atomic E-state index is 0.0743. The van der Waals surface area contributed by atoms with Gasteiger partial charge in [-0.15, -0.1) is 0 Å². The zero-order chi connectivity index (χ0) is 20.2. The van der Waals surface area contributed by atoms with E-state index in [1.165, 1.54) is 0 Å². The molecule has 1 saturated heterocycles. The Morgan fingerprint density at radius 1 is 0.931 bits per heavy atom. The van der Waals surface area contributed by atoms with Gasteiger partial charge in [-0.05, 0) is 30.7 Å². The summed E-state index contributed by atoms with van der Waals surface area (Å²) in [5, 5.41) is 0.460. The number of aryl methyl sites for hydroxylation is 1. The number of benzene rings is 2. The zero-order valence-electron chi connectivity index (χ0n) is 16.1. The van der Waals surface area contributed by atoms with Crippen LogP contribution in [-0.4, -0.2) is 57.3 Å². The van der Waals surface area contributed by atoms with Crippen LogP contribution in [0.15, 0.2) is 54.9 Å². The summed E-state index contributed by atoms with van der Waals surface area (Å²) < 4.78 is 2.01. The van der Waals surface area contributed by atoms with E-state index in [0.29, 0.717) is 49.7 Å². The predicted octanol–water partition coefficient (Wildman–Crippen LogP) is 3.45. The molecule has 7 heteroatoms. The van der Waals surface area contributed by atoms with Crippen LogP contribution in [0, 0.1) is 0 Å². The van der Waals surface area contributed by atoms with Gasteiger partial charge in [0.05, 0.1) is 27.9 Å². The molecule has 150 valence electrons. The van der Waals surface area contributed by atoms with E-state index in [1.807, 2.05) is 45.9 Å². The summed E-state index contributed by atoms with van der Waals surface area (Å²) in [4.78, 5) is 33.6. The molecule has 0 N–H and O–H groups in total. The third-order valence-electron chi connectivity index (χ3n) is 5.33. The highest BCUT2D eigenvalue weighted by Gasteiger charge is 2.23. The van der Waals surface area contributed by atoms with Crippen molar-refractivity contribution in [1.82, 2.24) is 19.4 Å². The van der Waals surface area contributed by atoms with Crippen molar-refractivity contribution in [1.29, 1.82) is 0 Å². The normalized spacial score (nSPS) is 14.8. The van der Waals surface area contributed by atoms with E-state index in [0.717, 1.165) is 17.5 Å². The SMILES string of the molecule is O=C(CCn1cnc2ccccc21)N1CCCN(C(=O)c2ccccc2Cl)CC1. The number of rotatable bonds is 4. The first-order chi connectivity index (χ1) is 14.1. The molecule has 1 fully saturated rings. The average molecular weight is 411 g/mol. The molecule has 0 bridgehead atoms. The minimum Gasteiger partial charge on any atom is -0.341 e. The first kappa shape index (κ1) is 19.5. The molecule has 0 atom stereocenters. The number of hydrogen-bond acceptors (Lipinski definition) is 3. The molecular weight excluding hydrogens is 388 g/mol. The fraction of sp³-hybridized carbons (Fsp3) is 0.318. The Morgan fingerprint density at radius 2 is 1.66 bits per heavy atom. The number of carbonyl (C=O) groups is 2. The summed E-state index contributed by atoms with van der Waals surface area (Å²) in [6.45, 7) is 2.94. The van der Waals surface area contributed by atoms with Crippen LogP contribution < -0.4 is 0 Å². The van der Waals surface area contributed by atoms with Gasteiger partial charge in [0.2, 0.25) is 5.91 Å². The third-order valence-corrected chi connectivity index (χ3v) is 5.66. The summed E-state index contributed by atoms with van der Waals surface area (Å²) in [5.41, 5.74) is 2.48. The number of imidazole rings is 1. The highest BCUT2D eigenvalue weighted by Crippen LogP contribution is 2.18. The lowest BCUT2D eigenvalue weighted by Crippen LogP contribution is -2.37. The Hall–Kier alpha value is -2.86. The smallest absolute Gasteiger partial charge is 0.255 e. The Morgan fingerprint density at radius 3 is 2.52 bits per heavy atom. The van der Waals surface area contributed by atoms with E-state index in [2.05, 4.69) is 4.98 Å². The highest BCUT2D eigenvalue weighted by molar-refractivity contribution is 6.33. The topological polar surface area (TPSA) is 58.4 Å². The molecule has 29 heavy (non-hydrogen) atoms. The van der Waals surface area contributed by atoms with E-state index < -0.39 is 0 Å². The largest absolute Gasteiger partial charge is 0.341 e. The van der Waals surface area contributed by atoms with Crippen LogP contribution in [0.25, 0.3) is 11.0 Å². The molecule has 1 aliphatic heterocycles. The lowest BCUT2D eigenvalue weighted by molar-refractivity contribution is -0.131. The number of halogens is 1. The number of aromatic nitrogens is 2. The van der Waals surface area contributed by atoms with Crippen LogP contribution in [0.1, 0.15) is 23.2 Å². The van der Waals surface area contributed by atoms with Crippen molar-refractivity contribution in [2.24, 2.45) is 0 Å². The van der Waals surface area contributed by atoms with Crippen molar-refractivity contribution >= 4 is 34.4 Å². The van der Waals surface area contributed by atoms with Crippen LogP contribution >= 0.6 is 11.6 Å². The summed E-state index contributed by atoms with van der Waals surface area (Å²) >= 11 is 6.17. The number of nitrogens with zero attached hydrogens (tertiary/aromatic N) is 4. The van der Waals surface area contributed by atoms with E-state index >= 15 is 0 Å². The van der Waals surface area contributed by atoms with Crippen LogP contribution in [0.4, 0.5) is 0 Å². The van der Waals surface area contributed by atoms with Crippen molar-refractivity contribution in [3.63, 3.8) is 0 Å². The lowest BCUT2D eigenvalue weighted by atomic mass is 10.2. The fourth-order valence-electron chi connectivity index (χ4n) is 3.74. The van der Waals surface area contributed by atoms with Gasteiger partial charge in [0.25, 0.3) is 5.91 Å². The summed E-state index contributed by atoms with van der Waals surface area (Å²) in [6.07, 6.45) is 2.96. The summed E-state index contributed by atoms with van der Waals surface area (Å²) in [5.74, 6) is 0.0320. The van der Waals surface area contributed by atoms with Gasteiger partial charge in [-0.2, -0.15) is 0 Å². The van der Waals surface area contributed by atoms with Crippen LogP contribution in [0.2, 0.25) is 5.02 Å². The molecule has 1 aromatic heterocycles. The van der Waals surface area contributed by atoms with Gasteiger partial charge in [-0.25, -0.2) is 4.98 Å². The standard InChI is InChI=1S/C22H23ClN4O2/c23-18-7-2-1-6-17(18)22(29)26-12-5-11-25(14-15-26)21(28)10-13-27-16-24-19-8-3-4-9-20(19)27/h1-4,6-9,16H,5,10-15H2. The van der Waals surface area contributed by atoms with E-state index in [-0.39, 0.29) is 11.8 Å². The Labute approximate surface area is 174 Å². The number of hydrogen-bond donors (Lipinski definition) is 0. The maximum atomic E-state index is 12.8. The predicted molar refractivity (Wildman–Crippen MR) is 113 cm³/mol. The molecule has 0 spiro atoms. The van der Waals surface area contributed by atoms with E-state index in [4.69, 9.17) is 11.6 Å². The fourth-order valence-corrected chi connectivity index (χ4v) is 3.95. The Bertz CT molecular complexity index is 1030. The van der Waals surface area contributed by atoms with Crippen molar-refractivity contribution in [2.45, 2.75) is 19.4 Å². The average Bonchev–Trinajstić information content (AvgIpc) is 2.99. The number of fused-ring (bicyclic) bond motifs is 1. The second-order valence-electron chi connectivity index (χ2n) is 7.18. The molecule has 2 aromatic carbocycles. The molecule has 3 aromatic rings. The molecule has 0 radical (unpaired) electrons. The molecule has 1 aliphatic rings. The number of para-hydroxylation sites is 2. The van der Waals surface area contributed by atoms with Crippen LogP contribution in [0.5, 0.6) is 0 Å². The molecule has 0 unspecified atom stereocenters. The van der Waals surface area contributed by atoms with Crippen molar-refractivity contribution in [2.75, 3.05) is 26.2 Å². The molecule has 4 rings (SSSR count). The van der Waals surface area contributed by atoms with Gasteiger partial charge in [0.1, 0.15) is 0 Å². The quantitative estimate of drug-likeness (QED) is 0.661. The van der Waals surface area contributed by atoms with Crippen molar-refractivity contribution in [3.8, 4) is 0 Å². The van der Waals surface area contributed by atoms with Gasteiger partial charge in [-0.1, -0.05) is 35.9 Å². The van der Waals surface area contributed by atoms with Gasteiger partial charge >= 0.3 is 0 Å². The Balaban J connectivity index is 1.35. The molecule has 2 amide bonds. The maximum absolute atomic E-state index is 12.8. The summed E-state index contributed by atoms with van der Waals surface area (Å²) in [7, 11) is 0. The first-order valence-electron chi connectivity index (χ1n) is 9.85. The molecular formula is C22H23ClN4O2.